The average Bonchev–Trinajstić information content (AvgIpc) is 3.72. The fourth-order valence-corrected chi connectivity index (χ4v) is 7.66. The lowest BCUT2D eigenvalue weighted by molar-refractivity contribution is 1.16. The quantitative estimate of drug-likeness (QED) is 0.179. The van der Waals surface area contributed by atoms with Gasteiger partial charge in [-0.1, -0.05) is 109 Å². The molecule has 0 saturated heterocycles. The third-order valence-electron chi connectivity index (χ3n) is 10.2. The van der Waals surface area contributed by atoms with Gasteiger partial charge in [0.2, 0.25) is 0 Å². The Labute approximate surface area is 295 Å². The van der Waals surface area contributed by atoms with Crippen LogP contribution in [0.1, 0.15) is 11.1 Å². The molecule has 4 nitrogen and oxygen atoms in total. The molecule has 0 spiro atoms. The molecule has 51 heavy (non-hydrogen) atoms. The summed E-state index contributed by atoms with van der Waals surface area (Å²) in [6.07, 6.45) is 8.54. The molecule has 4 aromatic heterocycles. The number of hydrogen-bond acceptors (Lipinski definition) is 2. The smallest absolute Gasteiger partial charge is 0.0724 e. The Kier molecular flexibility index (Phi) is 6.85. The van der Waals surface area contributed by atoms with Crippen LogP contribution in [0.5, 0.6) is 0 Å². The van der Waals surface area contributed by atoms with Crippen molar-refractivity contribution in [1.29, 1.82) is 0 Å². The van der Waals surface area contributed by atoms with Gasteiger partial charge in [-0.2, -0.15) is 0 Å². The third-order valence-corrected chi connectivity index (χ3v) is 10.2. The highest BCUT2D eigenvalue weighted by Crippen LogP contribution is 2.34. The minimum Gasteiger partial charge on any atom is -0.308 e. The Balaban J connectivity index is 0.853. The largest absolute Gasteiger partial charge is 0.308 e. The summed E-state index contributed by atoms with van der Waals surface area (Å²) in [5.74, 6) is 0. The lowest BCUT2D eigenvalue weighted by Gasteiger charge is -2.10. The third kappa shape index (κ3) is 5.00. The molecule has 0 saturated carbocycles. The van der Waals surface area contributed by atoms with Gasteiger partial charge in [-0.25, -0.2) is 0 Å². The summed E-state index contributed by atoms with van der Waals surface area (Å²) in [6, 6.07) is 56.9. The number of aromatic nitrogens is 4. The van der Waals surface area contributed by atoms with E-state index in [1.807, 2.05) is 24.8 Å². The van der Waals surface area contributed by atoms with Crippen molar-refractivity contribution in [3.63, 3.8) is 0 Å². The molecule has 6 aromatic carbocycles. The zero-order valence-corrected chi connectivity index (χ0v) is 27.8. The number of benzene rings is 6. The van der Waals surface area contributed by atoms with Gasteiger partial charge in [-0.3, -0.25) is 9.97 Å². The Morgan fingerprint density at radius 1 is 0.333 bits per heavy atom. The minimum atomic E-state index is 0.891. The van der Waals surface area contributed by atoms with E-state index in [9.17, 15) is 0 Å². The van der Waals surface area contributed by atoms with Crippen LogP contribution in [0.4, 0.5) is 0 Å². The molecule has 10 rings (SSSR count). The minimum absolute atomic E-state index is 0.891. The van der Waals surface area contributed by atoms with Crippen molar-refractivity contribution in [3.05, 3.63) is 194 Å². The molecule has 4 heterocycles. The second-order valence-electron chi connectivity index (χ2n) is 13.2. The zero-order valence-electron chi connectivity index (χ0n) is 27.8. The van der Waals surface area contributed by atoms with E-state index in [0.29, 0.717) is 0 Å². The summed E-state index contributed by atoms with van der Waals surface area (Å²) in [4.78, 5) is 8.84. The van der Waals surface area contributed by atoms with Crippen LogP contribution in [0.25, 0.3) is 77.2 Å². The van der Waals surface area contributed by atoms with Crippen LogP contribution in [0.15, 0.2) is 183 Å². The first-order valence-electron chi connectivity index (χ1n) is 17.3. The first kappa shape index (κ1) is 29.2. The number of pyridine rings is 2. The molecule has 240 valence electrons. The highest BCUT2D eigenvalue weighted by atomic mass is 15.0. The normalized spacial score (nSPS) is 11.6. The highest BCUT2D eigenvalue weighted by Gasteiger charge is 2.13. The van der Waals surface area contributed by atoms with E-state index >= 15 is 0 Å². The topological polar surface area (TPSA) is 35.6 Å². The van der Waals surface area contributed by atoms with Crippen LogP contribution < -0.4 is 0 Å². The van der Waals surface area contributed by atoms with Crippen LogP contribution in [-0.4, -0.2) is 19.1 Å². The van der Waals surface area contributed by atoms with E-state index in [1.165, 1.54) is 66.0 Å². The van der Waals surface area contributed by atoms with E-state index in [4.69, 9.17) is 0 Å². The van der Waals surface area contributed by atoms with Crippen LogP contribution >= 0.6 is 0 Å². The van der Waals surface area contributed by atoms with Gasteiger partial charge in [0.1, 0.15) is 0 Å². The van der Waals surface area contributed by atoms with E-state index in [-0.39, 0.29) is 0 Å². The van der Waals surface area contributed by atoms with Gasteiger partial charge in [-0.15, -0.1) is 0 Å². The maximum Gasteiger partial charge on any atom is 0.0724 e. The first-order chi connectivity index (χ1) is 25.3. The molecule has 0 aliphatic rings. The Morgan fingerprint density at radius 3 is 1.10 bits per heavy atom. The van der Waals surface area contributed by atoms with E-state index in [0.717, 1.165) is 28.8 Å². The van der Waals surface area contributed by atoms with Crippen LogP contribution in [0, 0.1) is 0 Å². The lowest BCUT2D eigenvalue weighted by atomic mass is 9.98. The Hall–Kier alpha value is -6.78. The zero-order chi connectivity index (χ0) is 33.7. The summed E-state index contributed by atoms with van der Waals surface area (Å²) in [7, 11) is 0. The predicted octanol–water partition coefficient (Wildman–Crippen LogP) is 11.6. The molecule has 0 fully saturated rings. The fourth-order valence-electron chi connectivity index (χ4n) is 7.66. The van der Waals surface area contributed by atoms with Gasteiger partial charge in [0.05, 0.1) is 34.5 Å². The molecule has 0 amide bonds. The van der Waals surface area contributed by atoms with Gasteiger partial charge in [0.25, 0.3) is 0 Å². The molecular weight excluding hydrogens is 621 g/mol. The SMILES string of the molecule is c1ccc2c(c1)c1ccncc1n2-c1ccc(-c2ccc(Cc3ccc(-c4ccc(-n5c6ccccc6c6ccncc65)cc4)cc3)cc2)cc1. The maximum atomic E-state index is 4.42. The number of hydrogen-bond donors (Lipinski definition) is 0. The van der Waals surface area contributed by atoms with Crippen LogP contribution in [-0.2, 0) is 6.42 Å². The van der Waals surface area contributed by atoms with Gasteiger partial charge in [-0.05, 0) is 88.3 Å². The predicted molar refractivity (Wildman–Crippen MR) is 211 cm³/mol. The van der Waals surface area contributed by atoms with Gasteiger partial charge >= 0.3 is 0 Å². The lowest BCUT2D eigenvalue weighted by Crippen LogP contribution is -1.94. The van der Waals surface area contributed by atoms with Crippen molar-refractivity contribution in [2.24, 2.45) is 0 Å². The molecule has 0 atom stereocenters. The summed E-state index contributed by atoms with van der Waals surface area (Å²) < 4.78 is 4.60. The number of rotatable bonds is 6. The first-order valence-corrected chi connectivity index (χ1v) is 17.3. The number of para-hydroxylation sites is 2. The average molecular weight is 653 g/mol. The van der Waals surface area contributed by atoms with E-state index in [1.54, 1.807) is 0 Å². The molecule has 0 N–H and O–H groups in total. The molecular formula is C47H32N4. The second-order valence-corrected chi connectivity index (χ2v) is 13.2. The summed E-state index contributed by atoms with van der Waals surface area (Å²) >= 11 is 0. The van der Waals surface area contributed by atoms with Crippen molar-refractivity contribution < 1.29 is 0 Å². The monoisotopic (exact) mass is 652 g/mol. The standard InChI is InChI=1S/C47H32N4/c1-3-7-44-40(5-1)42-25-27-48-30-46(42)50(44)38-21-17-36(18-22-38)34-13-9-32(10-14-34)29-33-11-15-35(16-12-33)37-19-23-39(24-20-37)51-45-8-4-2-6-41(45)43-26-28-49-31-47(43)51/h1-28,30-31H,29H2. The number of fused-ring (bicyclic) bond motifs is 6. The Morgan fingerprint density at radius 2 is 0.686 bits per heavy atom. The van der Waals surface area contributed by atoms with E-state index in [2.05, 4.69) is 177 Å². The van der Waals surface area contributed by atoms with Crippen molar-refractivity contribution in [2.45, 2.75) is 6.42 Å². The van der Waals surface area contributed by atoms with Crippen molar-refractivity contribution in [3.8, 4) is 33.6 Å². The maximum absolute atomic E-state index is 4.42. The van der Waals surface area contributed by atoms with Crippen molar-refractivity contribution >= 4 is 43.6 Å². The molecule has 4 heteroatoms. The molecule has 0 aliphatic carbocycles. The van der Waals surface area contributed by atoms with Crippen LogP contribution in [0.2, 0.25) is 0 Å². The van der Waals surface area contributed by atoms with Gasteiger partial charge in [0, 0.05) is 45.3 Å². The number of nitrogens with zero attached hydrogens (tertiary/aromatic N) is 4. The summed E-state index contributed by atoms with van der Waals surface area (Å²) in [5.41, 5.74) is 14.3. The van der Waals surface area contributed by atoms with Crippen LogP contribution in [0.3, 0.4) is 0 Å². The van der Waals surface area contributed by atoms with Crippen molar-refractivity contribution in [1.82, 2.24) is 19.1 Å². The van der Waals surface area contributed by atoms with E-state index < -0.39 is 0 Å². The highest BCUT2D eigenvalue weighted by molar-refractivity contribution is 6.09. The van der Waals surface area contributed by atoms with Gasteiger partial charge < -0.3 is 9.13 Å². The molecule has 0 aliphatic heterocycles. The molecule has 0 radical (unpaired) electrons. The molecule has 0 unspecified atom stereocenters. The van der Waals surface area contributed by atoms with Gasteiger partial charge in [0.15, 0.2) is 0 Å². The summed E-state index contributed by atoms with van der Waals surface area (Å²) in [6.45, 7) is 0. The fraction of sp³-hybridized carbons (Fsp3) is 0.0213. The second kappa shape index (κ2) is 12.0. The summed E-state index contributed by atoms with van der Waals surface area (Å²) in [5, 5.41) is 4.93. The Bertz CT molecular complexity index is 2540. The molecule has 0 bridgehead atoms. The van der Waals surface area contributed by atoms with Crippen molar-refractivity contribution in [2.75, 3.05) is 0 Å². The molecule has 10 aromatic rings.